The lowest BCUT2D eigenvalue weighted by molar-refractivity contribution is 0.177. The van der Waals surface area contributed by atoms with Crippen LogP contribution in [0.4, 0.5) is 0 Å². The first kappa shape index (κ1) is 20.1. The maximum Gasteiger partial charge on any atom is 0.191 e. The molecular formula is C20H30N6O2. The summed E-state index contributed by atoms with van der Waals surface area (Å²) in [6.07, 6.45) is 1.88. The Kier molecular flexibility index (Phi) is 6.86. The largest absolute Gasteiger partial charge is 0.491 e. The second-order valence-corrected chi connectivity index (χ2v) is 7.01. The summed E-state index contributed by atoms with van der Waals surface area (Å²) in [4.78, 5) is 8.84. The van der Waals surface area contributed by atoms with Gasteiger partial charge in [-0.15, -0.1) is 0 Å². The number of rotatable bonds is 7. The van der Waals surface area contributed by atoms with Crippen LogP contribution in [0.15, 0.2) is 23.2 Å². The van der Waals surface area contributed by atoms with Crippen LogP contribution in [-0.2, 0) is 24.3 Å². The van der Waals surface area contributed by atoms with Gasteiger partial charge in [-0.05, 0) is 31.4 Å². The highest BCUT2D eigenvalue weighted by atomic mass is 16.5. The molecule has 0 amide bonds. The molecular weight excluding hydrogens is 356 g/mol. The number of nitrogens with one attached hydrogen (secondary N) is 2. The van der Waals surface area contributed by atoms with Crippen molar-refractivity contribution in [3.05, 3.63) is 41.0 Å². The van der Waals surface area contributed by atoms with Crippen LogP contribution >= 0.6 is 0 Å². The zero-order valence-corrected chi connectivity index (χ0v) is 17.2. The number of hydrogen-bond acceptors (Lipinski definition) is 5. The third-order valence-corrected chi connectivity index (χ3v) is 4.79. The van der Waals surface area contributed by atoms with Crippen LogP contribution < -0.4 is 15.4 Å². The predicted molar refractivity (Wildman–Crippen MR) is 109 cm³/mol. The van der Waals surface area contributed by atoms with E-state index in [0.29, 0.717) is 19.8 Å². The van der Waals surface area contributed by atoms with E-state index in [0.717, 1.165) is 53.9 Å². The lowest BCUT2D eigenvalue weighted by Gasteiger charge is -2.25. The first-order chi connectivity index (χ1) is 13.6. The van der Waals surface area contributed by atoms with Crippen LogP contribution in [0.1, 0.15) is 29.2 Å². The standard InChI is InChI=1S/C20H30N6O2/c1-14-6-5-7-15(2)19(14)28-11-10-22-20(21-3)23-16-8-9-18-24-17(13-27-4)25-26(18)12-16/h5-7,16H,8-13H2,1-4H3,(H2,21,22,23). The van der Waals surface area contributed by atoms with E-state index in [-0.39, 0.29) is 6.04 Å². The molecule has 0 radical (unpaired) electrons. The van der Waals surface area contributed by atoms with Gasteiger partial charge in [0.25, 0.3) is 0 Å². The average molecular weight is 387 g/mol. The number of methoxy groups -OCH3 is 1. The molecule has 0 fully saturated rings. The molecule has 2 heterocycles. The zero-order valence-electron chi connectivity index (χ0n) is 17.2. The number of aromatic nitrogens is 3. The van der Waals surface area contributed by atoms with Crippen molar-refractivity contribution in [2.75, 3.05) is 27.3 Å². The lowest BCUT2D eigenvalue weighted by atomic mass is 10.1. The summed E-state index contributed by atoms with van der Waals surface area (Å²) in [6.45, 7) is 6.59. The molecule has 1 aliphatic rings. The quantitative estimate of drug-likeness (QED) is 0.427. The number of aliphatic imine (C=N–C) groups is 1. The molecule has 2 aromatic rings. The molecule has 3 rings (SSSR count). The summed E-state index contributed by atoms with van der Waals surface area (Å²) in [7, 11) is 3.44. The Morgan fingerprint density at radius 3 is 2.82 bits per heavy atom. The van der Waals surface area contributed by atoms with Crippen molar-refractivity contribution >= 4 is 5.96 Å². The number of aryl methyl sites for hydroxylation is 3. The third-order valence-electron chi connectivity index (χ3n) is 4.79. The average Bonchev–Trinajstić information content (AvgIpc) is 3.08. The van der Waals surface area contributed by atoms with Crippen LogP contribution in [0.2, 0.25) is 0 Å². The smallest absolute Gasteiger partial charge is 0.191 e. The lowest BCUT2D eigenvalue weighted by Crippen LogP contribution is -2.47. The van der Waals surface area contributed by atoms with Crippen molar-refractivity contribution < 1.29 is 9.47 Å². The van der Waals surface area contributed by atoms with Gasteiger partial charge >= 0.3 is 0 Å². The highest BCUT2D eigenvalue weighted by molar-refractivity contribution is 5.79. The minimum Gasteiger partial charge on any atom is -0.491 e. The highest BCUT2D eigenvalue weighted by Gasteiger charge is 2.22. The maximum absolute atomic E-state index is 5.95. The molecule has 1 aromatic heterocycles. The topological polar surface area (TPSA) is 85.6 Å². The summed E-state index contributed by atoms with van der Waals surface area (Å²) in [6, 6.07) is 6.44. The molecule has 8 heteroatoms. The van der Waals surface area contributed by atoms with Crippen LogP contribution in [0.3, 0.4) is 0 Å². The number of nitrogens with zero attached hydrogens (tertiary/aromatic N) is 4. The summed E-state index contributed by atoms with van der Waals surface area (Å²) in [5, 5.41) is 11.3. The maximum atomic E-state index is 5.95. The van der Waals surface area contributed by atoms with E-state index in [1.807, 2.05) is 10.7 Å². The molecule has 2 N–H and O–H groups in total. The fourth-order valence-electron chi connectivity index (χ4n) is 3.41. The van der Waals surface area contributed by atoms with Gasteiger partial charge in [-0.3, -0.25) is 4.99 Å². The Hall–Kier alpha value is -2.61. The number of ether oxygens (including phenoxy) is 2. The molecule has 1 aromatic carbocycles. The molecule has 0 saturated heterocycles. The molecule has 1 atom stereocenters. The van der Waals surface area contributed by atoms with Gasteiger partial charge in [-0.2, -0.15) is 5.10 Å². The second kappa shape index (κ2) is 9.54. The first-order valence-electron chi connectivity index (χ1n) is 9.68. The van der Waals surface area contributed by atoms with Crippen LogP contribution in [0.25, 0.3) is 0 Å². The van der Waals surface area contributed by atoms with E-state index >= 15 is 0 Å². The fourth-order valence-corrected chi connectivity index (χ4v) is 3.41. The number of benzene rings is 1. The second-order valence-electron chi connectivity index (χ2n) is 7.01. The van der Waals surface area contributed by atoms with Gasteiger partial charge in [0, 0.05) is 26.6 Å². The predicted octanol–water partition coefficient (Wildman–Crippen LogP) is 1.60. The highest BCUT2D eigenvalue weighted by Crippen LogP contribution is 2.21. The first-order valence-corrected chi connectivity index (χ1v) is 9.68. The Bertz CT molecular complexity index is 797. The van der Waals surface area contributed by atoms with Gasteiger partial charge in [0.05, 0.1) is 13.1 Å². The number of fused-ring (bicyclic) bond motifs is 1. The summed E-state index contributed by atoms with van der Waals surface area (Å²) in [5.41, 5.74) is 2.31. The molecule has 152 valence electrons. The molecule has 28 heavy (non-hydrogen) atoms. The van der Waals surface area contributed by atoms with Crippen LogP contribution in [0, 0.1) is 13.8 Å². The van der Waals surface area contributed by atoms with Crippen LogP contribution in [-0.4, -0.2) is 54.1 Å². The Morgan fingerprint density at radius 1 is 1.32 bits per heavy atom. The minimum atomic E-state index is 0.260. The van der Waals surface area contributed by atoms with Gasteiger partial charge in [0.2, 0.25) is 0 Å². The monoisotopic (exact) mass is 386 g/mol. The van der Waals surface area contributed by atoms with Crippen molar-refractivity contribution in [3.63, 3.8) is 0 Å². The summed E-state index contributed by atoms with van der Waals surface area (Å²) >= 11 is 0. The fraction of sp³-hybridized carbons (Fsp3) is 0.550. The van der Waals surface area contributed by atoms with E-state index in [2.05, 4.69) is 51.7 Å². The molecule has 1 aliphatic heterocycles. The van der Waals surface area contributed by atoms with Gasteiger partial charge in [0.1, 0.15) is 24.8 Å². The molecule has 8 nitrogen and oxygen atoms in total. The zero-order chi connectivity index (χ0) is 19.9. The van der Waals surface area contributed by atoms with Crippen molar-refractivity contribution in [1.29, 1.82) is 0 Å². The van der Waals surface area contributed by atoms with Crippen LogP contribution in [0.5, 0.6) is 5.75 Å². The van der Waals surface area contributed by atoms with Crippen molar-refractivity contribution in [2.24, 2.45) is 4.99 Å². The normalized spacial score (nSPS) is 16.6. The van der Waals surface area contributed by atoms with Crippen molar-refractivity contribution in [2.45, 2.75) is 45.9 Å². The van der Waals surface area contributed by atoms with Gasteiger partial charge in [-0.25, -0.2) is 9.67 Å². The van der Waals surface area contributed by atoms with E-state index in [9.17, 15) is 0 Å². The molecule has 0 bridgehead atoms. The van der Waals surface area contributed by atoms with E-state index < -0.39 is 0 Å². The van der Waals surface area contributed by atoms with Gasteiger partial charge in [-0.1, -0.05) is 18.2 Å². The van der Waals surface area contributed by atoms with Gasteiger partial charge < -0.3 is 20.1 Å². The number of guanidine groups is 1. The SMILES string of the molecule is CN=C(NCCOc1c(C)cccc1C)NC1CCc2nc(COC)nn2C1. The van der Waals surface area contributed by atoms with Gasteiger partial charge in [0.15, 0.2) is 11.8 Å². The number of hydrogen-bond donors (Lipinski definition) is 2. The van der Waals surface area contributed by atoms with E-state index in [1.54, 1.807) is 14.2 Å². The summed E-state index contributed by atoms with van der Waals surface area (Å²) in [5.74, 6) is 3.50. The molecule has 1 unspecified atom stereocenters. The Morgan fingerprint density at radius 2 is 2.11 bits per heavy atom. The number of para-hydroxylation sites is 1. The summed E-state index contributed by atoms with van der Waals surface area (Å²) < 4.78 is 13.0. The molecule has 0 spiro atoms. The van der Waals surface area contributed by atoms with Crippen molar-refractivity contribution in [1.82, 2.24) is 25.4 Å². The van der Waals surface area contributed by atoms with Crippen molar-refractivity contribution in [3.8, 4) is 5.75 Å². The van der Waals surface area contributed by atoms with E-state index in [4.69, 9.17) is 9.47 Å². The molecule has 0 aliphatic carbocycles. The third kappa shape index (κ3) is 5.01. The Labute approximate surface area is 166 Å². The van der Waals surface area contributed by atoms with E-state index in [1.165, 1.54) is 0 Å². The Balaban J connectivity index is 1.46. The minimum absolute atomic E-state index is 0.260. The molecule has 0 saturated carbocycles.